The molecule has 1 aliphatic heterocycles. The Hall–Kier alpha value is -0.720. The minimum atomic E-state index is 0.227. The van der Waals surface area contributed by atoms with Gasteiger partial charge in [-0.05, 0) is 25.8 Å². The van der Waals surface area contributed by atoms with Crippen LogP contribution in [0, 0.1) is 0 Å². The summed E-state index contributed by atoms with van der Waals surface area (Å²) >= 11 is 1.50. The SMILES string of the molecule is CCNCc1nnc(OCC2CCCCO2)s1. The zero-order valence-electron chi connectivity index (χ0n) is 10.1. The first-order valence-corrected chi connectivity index (χ1v) is 6.97. The number of nitrogens with zero attached hydrogens (tertiary/aromatic N) is 2. The molecule has 96 valence electrons. The molecule has 6 heteroatoms. The van der Waals surface area contributed by atoms with E-state index in [0.29, 0.717) is 11.8 Å². The molecular formula is C11H19N3O2S. The fourth-order valence-electron chi connectivity index (χ4n) is 1.70. The summed E-state index contributed by atoms with van der Waals surface area (Å²) in [4.78, 5) is 0. The van der Waals surface area contributed by atoms with E-state index >= 15 is 0 Å². The molecule has 1 atom stereocenters. The zero-order valence-corrected chi connectivity index (χ0v) is 11.0. The van der Waals surface area contributed by atoms with Gasteiger partial charge in [-0.3, -0.25) is 0 Å². The lowest BCUT2D eigenvalue weighted by Crippen LogP contribution is -2.25. The van der Waals surface area contributed by atoms with Crippen LogP contribution < -0.4 is 10.1 Å². The van der Waals surface area contributed by atoms with Gasteiger partial charge in [0, 0.05) is 13.2 Å². The van der Waals surface area contributed by atoms with Crippen LogP contribution in [0.3, 0.4) is 0 Å². The Balaban J connectivity index is 1.72. The fourth-order valence-corrected chi connectivity index (χ4v) is 2.37. The van der Waals surface area contributed by atoms with E-state index in [2.05, 4.69) is 22.4 Å². The van der Waals surface area contributed by atoms with Gasteiger partial charge < -0.3 is 14.8 Å². The van der Waals surface area contributed by atoms with Gasteiger partial charge in [-0.2, -0.15) is 0 Å². The van der Waals surface area contributed by atoms with Crippen LogP contribution in [0.15, 0.2) is 0 Å². The maximum Gasteiger partial charge on any atom is 0.294 e. The Labute approximate surface area is 106 Å². The van der Waals surface area contributed by atoms with Crippen LogP contribution in [0.25, 0.3) is 0 Å². The van der Waals surface area contributed by atoms with Crippen LogP contribution in [0.2, 0.25) is 0 Å². The van der Waals surface area contributed by atoms with E-state index in [4.69, 9.17) is 9.47 Å². The average Bonchev–Trinajstić information content (AvgIpc) is 2.83. The van der Waals surface area contributed by atoms with Crippen LogP contribution in [0.4, 0.5) is 0 Å². The second kappa shape index (κ2) is 6.88. The first-order valence-electron chi connectivity index (χ1n) is 6.16. The molecule has 1 fully saturated rings. The molecule has 1 aliphatic rings. The van der Waals surface area contributed by atoms with E-state index in [0.717, 1.165) is 31.1 Å². The highest BCUT2D eigenvalue weighted by molar-refractivity contribution is 7.13. The lowest BCUT2D eigenvalue weighted by atomic mass is 10.1. The maximum absolute atomic E-state index is 5.60. The fraction of sp³-hybridized carbons (Fsp3) is 0.818. The lowest BCUT2D eigenvalue weighted by Gasteiger charge is -2.21. The minimum absolute atomic E-state index is 0.227. The molecule has 1 saturated heterocycles. The molecule has 17 heavy (non-hydrogen) atoms. The van der Waals surface area contributed by atoms with E-state index in [1.165, 1.54) is 24.2 Å². The number of hydrogen-bond donors (Lipinski definition) is 1. The molecular weight excluding hydrogens is 238 g/mol. The molecule has 1 N–H and O–H groups in total. The summed E-state index contributed by atoms with van der Waals surface area (Å²) in [6, 6.07) is 0. The lowest BCUT2D eigenvalue weighted by molar-refractivity contribution is -0.0112. The zero-order chi connectivity index (χ0) is 11.9. The van der Waals surface area contributed by atoms with Crippen molar-refractivity contribution in [3.8, 4) is 5.19 Å². The third-order valence-corrected chi connectivity index (χ3v) is 3.48. The monoisotopic (exact) mass is 257 g/mol. The van der Waals surface area contributed by atoms with Gasteiger partial charge in [0.25, 0.3) is 5.19 Å². The Morgan fingerprint density at radius 3 is 3.18 bits per heavy atom. The van der Waals surface area contributed by atoms with Gasteiger partial charge in [0.05, 0.1) is 6.10 Å². The van der Waals surface area contributed by atoms with E-state index in [9.17, 15) is 0 Å². The normalized spacial score (nSPS) is 20.4. The standard InChI is InChI=1S/C11H19N3O2S/c1-2-12-7-10-13-14-11(17-10)16-8-9-5-3-4-6-15-9/h9,12H,2-8H2,1H3. The molecule has 0 bridgehead atoms. The van der Waals surface area contributed by atoms with Crippen molar-refractivity contribution >= 4 is 11.3 Å². The quantitative estimate of drug-likeness (QED) is 0.839. The summed E-state index contributed by atoms with van der Waals surface area (Å²) in [6.07, 6.45) is 3.71. The second-order valence-electron chi connectivity index (χ2n) is 4.04. The predicted molar refractivity (Wildman–Crippen MR) is 66.4 cm³/mol. The third kappa shape index (κ3) is 4.22. The Morgan fingerprint density at radius 2 is 2.41 bits per heavy atom. The molecule has 0 amide bonds. The first-order chi connectivity index (χ1) is 8.38. The summed E-state index contributed by atoms with van der Waals surface area (Å²) in [5.41, 5.74) is 0. The second-order valence-corrected chi connectivity index (χ2v) is 5.07. The Bertz CT molecular complexity index is 326. The number of nitrogens with one attached hydrogen (secondary N) is 1. The highest BCUT2D eigenvalue weighted by atomic mass is 32.1. The van der Waals surface area contributed by atoms with E-state index < -0.39 is 0 Å². The maximum atomic E-state index is 5.60. The summed E-state index contributed by atoms with van der Waals surface area (Å²) in [5.74, 6) is 0. The molecule has 0 aliphatic carbocycles. The number of hydrogen-bond acceptors (Lipinski definition) is 6. The van der Waals surface area contributed by atoms with Crippen molar-refractivity contribution in [3.05, 3.63) is 5.01 Å². The van der Waals surface area contributed by atoms with E-state index in [1.807, 2.05) is 0 Å². The van der Waals surface area contributed by atoms with Crippen molar-refractivity contribution in [2.75, 3.05) is 19.8 Å². The largest absolute Gasteiger partial charge is 0.466 e. The number of rotatable bonds is 6. The molecule has 0 aromatic carbocycles. The van der Waals surface area contributed by atoms with Crippen molar-refractivity contribution < 1.29 is 9.47 Å². The molecule has 5 nitrogen and oxygen atoms in total. The van der Waals surface area contributed by atoms with Crippen molar-refractivity contribution in [2.45, 2.75) is 38.8 Å². The molecule has 2 rings (SSSR count). The molecule has 0 saturated carbocycles. The first kappa shape index (κ1) is 12.7. The van der Waals surface area contributed by atoms with Gasteiger partial charge in [0.1, 0.15) is 11.6 Å². The minimum Gasteiger partial charge on any atom is -0.466 e. The molecule has 1 aromatic rings. The molecule has 0 radical (unpaired) electrons. The van der Waals surface area contributed by atoms with Gasteiger partial charge in [-0.15, -0.1) is 10.2 Å². The van der Waals surface area contributed by atoms with Gasteiger partial charge in [-0.1, -0.05) is 18.3 Å². The van der Waals surface area contributed by atoms with Gasteiger partial charge in [-0.25, -0.2) is 0 Å². The summed E-state index contributed by atoms with van der Waals surface area (Å²) < 4.78 is 11.2. The van der Waals surface area contributed by atoms with Crippen LogP contribution >= 0.6 is 11.3 Å². The predicted octanol–water partition coefficient (Wildman–Crippen LogP) is 1.60. The van der Waals surface area contributed by atoms with E-state index in [1.54, 1.807) is 0 Å². The highest BCUT2D eigenvalue weighted by Crippen LogP contribution is 2.19. The molecule has 1 aromatic heterocycles. The van der Waals surface area contributed by atoms with Crippen molar-refractivity contribution in [1.29, 1.82) is 0 Å². The van der Waals surface area contributed by atoms with Crippen molar-refractivity contribution in [1.82, 2.24) is 15.5 Å². The smallest absolute Gasteiger partial charge is 0.294 e. The molecule has 0 spiro atoms. The van der Waals surface area contributed by atoms with Crippen molar-refractivity contribution in [2.24, 2.45) is 0 Å². The topological polar surface area (TPSA) is 56.3 Å². The number of aromatic nitrogens is 2. The average molecular weight is 257 g/mol. The summed E-state index contributed by atoms with van der Waals surface area (Å²) in [7, 11) is 0. The van der Waals surface area contributed by atoms with Crippen LogP contribution in [-0.4, -0.2) is 36.1 Å². The number of ether oxygens (including phenoxy) is 2. The summed E-state index contributed by atoms with van der Waals surface area (Å²) in [6.45, 7) is 5.22. The Morgan fingerprint density at radius 1 is 1.47 bits per heavy atom. The van der Waals surface area contributed by atoms with Crippen LogP contribution in [-0.2, 0) is 11.3 Å². The molecule has 2 heterocycles. The third-order valence-electron chi connectivity index (χ3n) is 2.64. The van der Waals surface area contributed by atoms with Crippen molar-refractivity contribution in [3.63, 3.8) is 0 Å². The van der Waals surface area contributed by atoms with Gasteiger partial charge in [0.2, 0.25) is 0 Å². The van der Waals surface area contributed by atoms with Crippen LogP contribution in [0.5, 0.6) is 5.19 Å². The van der Waals surface area contributed by atoms with E-state index in [-0.39, 0.29) is 6.10 Å². The van der Waals surface area contributed by atoms with Gasteiger partial charge in [0.15, 0.2) is 0 Å². The summed E-state index contributed by atoms with van der Waals surface area (Å²) in [5, 5.41) is 12.9. The highest BCUT2D eigenvalue weighted by Gasteiger charge is 2.15. The van der Waals surface area contributed by atoms with Crippen LogP contribution in [0.1, 0.15) is 31.2 Å². The Kier molecular flexibility index (Phi) is 5.15. The van der Waals surface area contributed by atoms with Gasteiger partial charge >= 0.3 is 0 Å². The molecule has 1 unspecified atom stereocenters.